The van der Waals surface area contributed by atoms with Gasteiger partial charge in [-0.25, -0.2) is 4.98 Å². The summed E-state index contributed by atoms with van der Waals surface area (Å²) in [6.07, 6.45) is 0.819. The number of benzene rings is 1. The van der Waals surface area contributed by atoms with Crippen LogP contribution in [0.5, 0.6) is 0 Å². The first-order chi connectivity index (χ1) is 10.6. The summed E-state index contributed by atoms with van der Waals surface area (Å²) in [5.74, 6) is 1.02. The SMILES string of the molecule is Cn1c(SCC(=O)Nc2ccccc2)nc2c(c1=O)SCC2. The van der Waals surface area contributed by atoms with Crippen LogP contribution in [-0.2, 0) is 18.3 Å². The summed E-state index contributed by atoms with van der Waals surface area (Å²) in [6, 6.07) is 9.30. The molecule has 22 heavy (non-hydrogen) atoms. The second-order valence-electron chi connectivity index (χ2n) is 4.84. The number of aromatic nitrogens is 2. The summed E-state index contributed by atoms with van der Waals surface area (Å²) in [7, 11) is 1.70. The lowest BCUT2D eigenvalue weighted by molar-refractivity contribution is -0.113. The molecule has 1 aromatic carbocycles. The van der Waals surface area contributed by atoms with Crippen LogP contribution in [0, 0.1) is 0 Å². The number of carbonyl (C=O) groups is 1. The van der Waals surface area contributed by atoms with E-state index in [1.165, 1.54) is 16.3 Å². The topological polar surface area (TPSA) is 64.0 Å². The molecular weight excluding hydrogens is 318 g/mol. The van der Waals surface area contributed by atoms with Crippen LogP contribution in [-0.4, -0.2) is 27.0 Å². The van der Waals surface area contributed by atoms with Crippen molar-refractivity contribution >= 4 is 35.1 Å². The van der Waals surface area contributed by atoms with E-state index in [4.69, 9.17) is 0 Å². The van der Waals surface area contributed by atoms with Gasteiger partial charge in [0, 0.05) is 24.9 Å². The van der Waals surface area contributed by atoms with Gasteiger partial charge in [-0.3, -0.25) is 14.2 Å². The molecule has 3 rings (SSSR count). The molecule has 0 atom stereocenters. The average molecular weight is 333 g/mol. The summed E-state index contributed by atoms with van der Waals surface area (Å²) in [4.78, 5) is 29.4. The minimum atomic E-state index is -0.111. The molecule has 0 unspecified atom stereocenters. The van der Waals surface area contributed by atoms with Gasteiger partial charge >= 0.3 is 0 Å². The van der Waals surface area contributed by atoms with Crippen molar-refractivity contribution in [1.29, 1.82) is 0 Å². The average Bonchev–Trinajstić information content (AvgIpc) is 2.99. The monoisotopic (exact) mass is 333 g/mol. The Morgan fingerprint density at radius 1 is 1.41 bits per heavy atom. The zero-order chi connectivity index (χ0) is 15.5. The number of amides is 1. The number of rotatable bonds is 4. The molecule has 1 N–H and O–H groups in total. The van der Waals surface area contributed by atoms with E-state index in [0.29, 0.717) is 5.16 Å². The lowest BCUT2D eigenvalue weighted by Gasteiger charge is -2.09. The highest BCUT2D eigenvalue weighted by atomic mass is 32.2. The number of hydrogen-bond donors (Lipinski definition) is 1. The van der Waals surface area contributed by atoms with Gasteiger partial charge in [-0.05, 0) is 12.1 Å². The molecule has 1 aromatic heterocycles. The summed E-state index contributed by atoms with van der Waals surface area (Å²) >= 11 is 2.84. The molecule has 0 radical (unpaired) electrons. The van der Waals surface area contributed by atoms with Crippen LogP contribution in [0.2, 0.25) is 0 Å². The van der Waals surface area contributed by atoms with Gasteiger partial charge < -0.3 is 5.32 Å². The van der Waals surface area contributed by atoms with Gasteiger partial charge in [-0.2, -0.15) is 0 Å². The van der Waals surface area contributed by atoms with E-state index in [-0.39, 0.29) is 17.2 Å². The standard InChI is InChI=1S/C15H15N3O2S2/c1-18-14(20)13-11(7-8-21-13)17-15(18)22-9-12(19)16-10-5-3-2-4-6-10/h2-6H,7-9H2,1H3,(H,16,19). The summed E-state index contributed by atoms with van der Waals surface area (Å²) in [6.45, 7) is 0. The molecule has 2 aromatic rings. The number of aryl methyl sites for hydroxylation is 1. The Morgan fingerprint density at radius 2 is 2.18 bits per heavy atom. The highest BCUT2D eigenvalue weighted by Crippen LogP contribution is 2.28. The van der Waals surface area contributed by atoms with Crippen molar-refractivity contribution in [3.05, 3.63) is 46.4 Å². The lowest BCUT2D eigenvalue weighted by atomic mass is 10.3. The van der Waals surface area contributed by atoms with E-state index in [9.17, 15) is 9.59 Å². The van der Waals surface area contributed by atoms with Gasteiger partial charge in [0.1, 0.15) is 0 Å². The molecule has 1 aliphatic heterocycles. The van der Waals surface area contributed by atoms with Gasteiger partial charge in [0.15, 0.2) is 5.16 Å². The van der Waals surface area contributed by atoms with Crippen LogP contribution in [0.25, 0.3) is 0 Å². The van der Waals surface area contributed by atoms with Crippen LogP contribution < -0.4 is 10.9 Å². The second-order valence-corrected chi connectivity index (χ2v) is 6.88. The number of nitrogens with zero attached hydrogens (tertiary/aromatic N) is 2. The van der Waals surface area contributed by atoms with E-state index < -0.39 is 0 Å². The molecule has 7 heteroatoms. The number of fused-ring (bicyclic) bond motifs is 1. The fourth-order valence-electron chi connectivity index (χ4n) is 2.15. The second kappa shape index (κ2) is 6.58. The third-order valence-corrected chi connectivity index (χ3v) is 5.39. The van der Waals surface area contributed by atoms with Gasteiger partial charge in [-0.15, -0.1) is 11.8 Å². The van der Waals surface area contributed by atoms with Crippen molar-refractivity contribution in [2.45, 2.75) is 16.5 Å². The van der Waals surface area contributed by atoms with Crippen LogP contribution >= 0.6 is 23.5 Å². The quantitative estimate of drug-likeness (QED) is 0.686. The maximum atomic E-state index is 12.2. The Morgan fingerprint density at radius 3 is 2.95 bits per heavy atom. The van der Waals surface area contributed by atoms with Crippen molar-refractivity contribution in [2.24, 2.45) is 7.05 Å². The maximum Gasteiger partial charge on any atom is 0.267 e. The Bertz CT molecular complexity index is 759. The zero-order valence-electron chi connectivity index (χ0n) is 12.0. The molecule has 0 bridgehead atoms. The maximum absolute atomic E-state index is 12.2. The smallest absolute Gasteiger partial charge is 0.267 e. The van der Waals surface area contributed by atoms with Gasteiger partial charge in [0.25, 0.3) is 5.56 Å². The molecule has 0 saturated carbocycles. The van der Waals surface area contributed by atoms with E-state index in [1.807, 2.05) is 30.3 Å². The van der Waals surface area contributed by atoms with E-state index >= 15 is 0 Å². The number of hydrogen-bond acceptors (Lipinski definition) is 5. The Labute approximate surface area is 136 Å². The molecular formula is C15H15N3O2S2. The summed E-state index contributed by atoms with van der Waals surface area (Å²) < 4.78 is 1.53. The number of anilines is 1. The first kappa shape index (κ1) is 15.2. The third kappa shape index (κ3) is 3.20. The third-order valence-electron chi connectivity index (χ3n) is 3.25. The van der Waals surface area contributed by atoms with Crippen LogP contribution in [0.4, 0.5) is 5.69 Å². The number of para-hydroxylation sites is 1. The minimum Gasteiger partial charge on any atom is -0.325 e. The molecule has 5 nitrogen and oxygen atoms in total. The van der Waals surface area contributed by atoms with Gasteiger partial charge in [-0.1, -0.05) is 30.0 Å². The molecule has 1 amide bonds. The van der Waals surface area contributed by atoms with Crippen LogP contribution in [0.15, 0.2) is 45.2 Å². The van der Waals surface area contributed by atoms with Crippen molar-refractivity contribution in [1.82, 2.24) is 9.55 Å². The molecule has 0 spiro atoms. The number of carbonyl (C=O) groups excluding carboxylic acids is 1. The Kier molecular flexibility index (Phi) is 4.54. The molecule has 1 aliphatic rings. The van der Waals surface area contributed by atoms with Crippen molar-refractivity contribution in [3.63, 3.8) is 0 Å². The van der Waals surface area contributed by atoms with Crippen LogP contribution in [0.1, 0.15) is 5.69 Å². The number of thioether (sulfide) groups is 2. The first-order valence-corrected chi connectivity index (χ1v) is 8.82. The van der Waals surface area contributed by atoms with Crippen molar-refractivity contribution < 1.29 is 4.79 Å². The van der Waals surface area contributed by atoms with Gasteiger partial charge in [0.2, 0.25) is 5.91 Å². The lowest BCUT2D eigenvalue weighted by Crippen LogP contribution is -2.23. The molecule has 0 fully saturated rings. The highest BCUT2D eigenvalue weighted by Gasteiger charge is 2.20. The van der Waals surface area contributed by atoms with E-state index in [1.54, 1.807) is 18.8 Å². The van der Waals surface area contributed by atoms with E-state index in [0.717, 1.165) is 28.5 Å². The predicted molar refractivity (Wildman–Crippen MR) is 89.7 cm³/mol. The molecule has 0 saturated heterocycles. The molecule has 114 valence electrons. The molecule has 0 aliphatic carbocycles. The zero-order valence-corrected chi connectivity index (χ0v) is 13.7. The normalized spacial score (nSPS) is 13.0. The Hall–Kier alpha value is -1.73. The van der Waals surface area contributed by atoms with Crippen molar-refractivity contribution in [2.75, 3.05) is 16.8 Å². The summed E-state index contributed by atoms with van der Waals surface area (Å²) in [5.41, 5.74) is 1.61. The molecule has 2 heterocycles. The first-order valence-electron chi connectivity index (χ1n) is 6.85. The fourth-order valence-corrected chi connectivity index (χ4v) is 4.00. The van der Waals surface area contributed by atoms with Crippen molar-refractivity contribution in [3.8, 4) is 0 Å². The number of nitrogens with one attached hydrogen (secondary N) is 1. The highest BCUT2D eigenvalue weighted by molar-refractivity contribution is 8.00. The fraction of sp³-hybridized carbons (Fsp3) is 0.267. The Balaban J connectivity index is 1.68. The van der Waals surface area contributed by atoms with Crippen LogP contribution in [0.3, 0.4) is 0 Å². The van der Waals surface area contributed by atoms with E-state index in [2.05, 4.69) is 10.3 Å². The minimum absolute atomic E-state index is 0.0153. The predicted octanol–water partition coefficient (Wildman–Crippen LogP) is 2.16. The summed E-state index contributed by atoms with van der Waals surface area (Å²) in [5, 5.41) is 3.41. The largest absolute Gasteiger partial charge is 0.325 e. The van der Waals surface area contributed by atoms with Gasteiger partial charge in [0.05, 0.1) is 16.3 Å².